The predicted octanol–water partition coefficient (Wildman–Crippen LogP) is 2.20. The van der Waals surface area contributed by atoms with Crippen molar-refractivity contribution in [2.45, 2.75) is 12.8 Å². The van der Waals surface area contributed by atoms with Crippen molar-refractivity contribution in [3.05, 3.63) is 47.5 Å². The average molecular weight is 308 g/mol. The molecule has 0 radical (unpaired) electrons. The molecule has 21 heavy (non-hydrogen) atoms. The molecule has 0 atom stereocenters. The van der Waals surface area contributed by atoms with E-state index in [9.17, 15) is 4.79 Å². The van der Waals surface area contributed by atoms with Crippen molar-refractivity contribution in [3.8, 4) is 5.75 Å². The van der Waals surface area contributed by atoms with Crippen molar-refractivity contribution in [1.82, 2.24) is 14.9 Å². The number of imidazole rings is 1. The van der Waals surface area contributed by atoms with Crippen LogP contribution in [-0.4, -0.2) is 28.6 Å². The molecule has 1 aromatic carbocycles. The Hall–Kier alpha value is -2.01. The number of para-hydroxylation sites is 1. The third-order valence-electron chi connectivity index (χ3n) is 3.02. The zero-order chi connectivity index (χ0) is 15.1. The largest absolute Gasteiger partial charge is 0.491 e. The Labute approximate surface area is 128 Å². The Bertz CT molecular complexity index is 598. The molecule has 1 aromatic heterocycles. The zero-order valence-electron chi connectivity index (χ0n) is 11.9. The Kier molecular flexibility index (Phi) is 5.63. The molecule has 1 amide bonds. The Morgan fingerprint density at radius 3 is 2.95 bits per heavy atom. The highest BCUT2D eigenvalue weighted by molar-refractivity contribution is 6.32. The molecular weight excluding hydrogens is 290 g/mol. The molecule has 1 heterocycles. The lowest BCUT2D eigenvalue weighted by Gasteiger charge is -2.08. The maximum Gasteiger partial charge on any atom is 0.223 e. The number of hydrogen-bond donors (Lipinski definition) is 1. The standard InChI is InChI=1S/C15H18ClN3O2/c1-19-10-9-17-14(19)6-8-18-15(20)7-11-21-13-5-3-2-4-12(13)16/h2-5,9-10H,6-8,11H2,1H3,(H,18,20). The summed E-state index contributed by atoms with van der Waals surface area (Å²) in [5.74, 6) is 1.50. The minimum absolute atomic E-state index is 0.0451. The van der Waals surface area contributed by atoms with Crippen molar-refractivity contribution < 1.29 is 9.53 Å². The number of ether oxygens (including phenoxy) is 1. The molecule has 2 rings (SSSR count). The molecule has 0 spiro atoms. The quantitative estimate of drug-likeness (QED) is 0.853. The van der Waals surface area contributed by atoms with Gasteiger partial charge in [0.15, 0.2) is 0 Å². The number of carbonyl (C=O) groups is 1. The molecule has 0 saturated heterocycles. The van der Waals surface area contributed by atoms with Crippen molar-refractivity contribution >= 4 is 17.5 Å². The number of hydrogen-bond acceptors (Lipinski definition) is 3. The average Bonchev–Trinajstić information content (AvgIpc) is 2.87. The Morgan fingerprint density at radius 1 is 1.43 bits per heavy atom. The first-order chi connectivity index (χ1) is 10.2. The summed E-state index contributed by atoms with van der Waals surface area (Å²) in [6.07, 6.45) is 4.63. The fourth-order valence-electron chi connectivity index (χ4n) is 1.85. The second-order valence-electron chi connectivity index (χ2n) is 4.58. The Morgan fingerprint density at radius 2 is 2.24 bits per heavy atom. The van der Waals surface area contributed by atoms with Gasteiger partial charge >= 0.3 is 0 Å². The minimum atomic E-state index is -0.0451. The highest BCUT2D eigenvalue weighted by Gasteiger charge is 2.05. The molecule has 6 heteroatoms. The summed E-state index contributed by atoms with van der Waals surface area (Å²) >= 11 is 5.96. The van der Waals surface area contributed by atoms with Gasteiger partial charge in [-0.05, 0) is 12.1 Å². The van der Waals surface area contributed by atoms with Gasteiger partial charge in [-0.15, -0.1) is 0 Å². The van der Waals surface area contributed by atoms with E-state index in [1.54, 1.807) is 18.3 Å². The predicted molar refractivity (Wildman–Crippen MR) is 81.5 cm³/mol. The molecule has 0 aliphatic carbocycles. The topological polar surface area (TPSA) is 56.2 Å². The molecule has 0 saturated carbocycles. The zero-order valence-corrected chi connectivity index (χ0v) is 12.6. The van der Waals surface area contributed by atoms with Gasteiger partial charge in [-0.3, -0.25) is 4.79 Å². The summed E-state index contributed by atoms with van der Waals surface area (Å²) in [4.78, 5) is 15.9. The van der Waals surface area contributed by atoms with E-state index in [1.807, 2.05) is 29.9 Å². The highest BCUT2D eigenvalue weighted by atomic mass is 35.5. The number of amides is 1. The summed E-state index contributed by atoms with van der Waals surface area (Å²) in [7, 11) is 1.93. The molecule has 5 nitrogen and oxygen atoms in total. The number of nitrogens with zero attached hydrogens (tertiary/aromatic N) is 2. The van der Waals surface area contributed by atoms with Crippen LogP contribution in [0.4, 0.5) is 0 Å². The molecule has 0 unspecified atom stereocenters. The third kappa shape index (κ3) is 4.79. The van der Waals surface area contributed by atoms with E-state index in [4.69, 9.17) is 16.3 Å². The summed E-state index contributed by atoms with van der Waals surface area (Å²) < 4.78 is 7.41. The van der Waals surface area contributed by atoms with E-state index < -0.39 is 0 Å². The molecular formula is C15H18ClN3O2. The monoisotopic (exact) mass is 307 g/mol. The second-order valence-corrected chi connectivity index (χ2v) is 4.99. The van der Waals surface area contributed by atoms with Crippen molar-refractivity contribution in [1.29, 1.82) is 0 Å². The smallest absolute Gasteiger partial charge is 0.223 e. The van der Waals surface area contributed by atoms with Crippen LogP contribution in [0.25, 0.3) is 0 Å². The van der Waals surface area contributed by atoms with Crippen molar-refractivity contribution in [2.75, 3.05) is 13.2 Å². The van der Waals surface area contributed by atoms with Crippen LogP contribution in [0.3, 0.4) is 0 Å². The van der Waals surface area contributed by atoms with E-state index in [0.29, 0.717) is 36.8 Å². The molecule has 1 N–H and O–H groups in total. The molecule has 2 aromatic rings. The number of aromatic nitrogens is 2. The number of halogens is 1. The van der Waals surface area contributed by atoms with Crippen LogP contribution in [0.15, 0.2) is 36.7 Å². The first kappa shape index (κ1) is 15.4. The van der Waals surface area contributed by atoms with Crippen LogP contribution in [0.1, 0.15) is 12.2 Å². The van der Waals surface area contributed by atoms with Crippen molar-refractivity contribution in [2.24, 2.45) is 7.05 Å². The molecule has 0 aliphatic heterocycles. The van der Waals surface area contributed by atoms with Gasteiger partial charge in [0.05, 0.1) is 18.1 Å². The number of benzene rings is 1. The number of rotatable bonds is 7. The number of aryl methyl sites for hydroxylation is 1. The second kappa shape index (κ2) is 7.69. The van der Waals surface area contributed by atoms with Crippen LogP contribution >= 0.6 is 11.6 Å². The summed E-state index contributed by atoms with van der Waals surface area (Å²) in [5.41, 5.74) is 0. The van der Waals surface area contributed by atoms with Gasteiger partial charge < -0.3 is 14.6 Å². The maximum atomic E-state index is 11.7. The lowest BCUT2D eigenvalue weighted by atomic mass is 10.3. The van der Waals surface area contributed by atoms with Gasteiger partial charge in [0, 0.05) is 32.4 Å². The van der Waals surface area contributed by atoms with Gasteiger partial charge in [0.1, 0.15) is 11.6 Å². The van der Waals surface area contributed by atoms with E-state index in [1.165, 1.54) is 0 Å². The summed E-state index contributed by atoms with van der Waals surface area (Å²) in [6, 6.07) is 7.21. The fourth-order valence-corrected chi connectivity index (χ4v) is 2.05. The lowest BCUT2D eigenvalue weighted by Crippen LogP contribution is -2.27. The van der Waals surface area contributed by atoms with Gasteiger partial charge in [0.2, 0.25) is 5.91 Å². The third-order valence-corrected chi connectivity index (χ3v) is 3.33. The fraction of sp³-hybridized carbons (Fsp3) is 0.333. The molecule has 0 aliphatic rings. The molecule has 0 bridgehead atoms. The molecule has 112 valence electrons. The SMILES string of the molecule is Cn1ccnc1CCNC(=O)CCOc1ccccc1Cl. The summed E-state index contributed by atoms with van der Waals surface area (Å²) in [6.45, 7) is 0.869. The van der Waals surface area contributed by atoms with Crippen LogP contribution in [0.5, 0.6) is 5.75 Å². The Balaban J connectivity index is 1.64. The van der Waals surface area contributed by atoms with Crippen LogP contribution in [0.2, 0.25) is 5.02 Å². The van der Waals surface area contributed by atoms with E-state index >= 15 is 0 Å². The van der Waals surface area contributed by atoms with Crippen LogP contribution in [0, 0.1) is 0 Å². The van der Waals surface area contributed by atoms with Gasteiger partial charge in [0.25, 0.3) is 0 Å². The van der Waals surface area contributed by atoms with Gasteiger partial charge in [-0.1, -0.05) is 23.7 Å². The number of carbonyl (C=O) groups excluding carboxylic acids is 1. The number of nitrogens with one attached hydrogen (secondary N) is 1. The van der Waals surface area contributed by atoms with Crippen LogP contribution in [-0.2, 0) is 18.3 Å². The summed E-state index contributed by atoms with van der Waals surface area (Å²) in [5, 5.41) is 3.39. The van der Waals surface area contributed by atoms with Crippen molar-refractivity contribution in [3.63, 3.8) is 0 Å². The van der Waals surface area contributed by atoms with E-state index in [-0.39, 0.29) is 5.91 Å². The first-order valence-electron chi connectivity index (χ1n) is 6.77. The molecule has 0 fully saturated rings. The maximum absolute atomic E-state index is 11.7. The normalized spacial score (nSPS) is 10.4. The highest BCUT2D eigenvalue weighted by Crippen LogP contribution is 2.22. The van der Waals surface area contributed by atoms with E-state index in [0.717, 1.165) is 5.82 Å². The minimum Gasteiger partial charge on any atom is -0.491 e. The lowest BCUT2D eigenvalue weighted by molar-refractivity contribution is -0.121. The first-order valence-corrected chi connectivity index (χ1v) is 7.15. The van der Waals surface area contributed by atoms with Gasteiger partial charge in [-0.2, -0.15) is 0 Å². The van der Waals surface area contributed by atoms with Gasteiger partial charge in [-0.25, -0.2) is 4.98 Å². The van der Waals surface area contributed by atoms with E-state index in [2.05, 4.69) is 10.3 Å². The van der Waals surface area contributed by atoms with Crippen LogP contribution < -0.4 is 10.1 Å².